The Labute approximate surface area is 146 Å². The number of aromatic nitrogens is 3. The normalized spacial score (nSPS) is 13.4. The molecule has 7 nitrogen and oxygen atoms in total. The van der Waals surface area contributed by atoms with Gasteiger partial charge < -0.3 is 19.9 Å². The second kappa shape index (κ2) is 11.0. The topological polar surface area (TPSA) is 76.4 Å². The zero-order valence-corrected chi connectivity index (χ0v) is 16.1. The van der Waals surface area contributed by atoms with Gasteiger partial charge in [0.05, 0.1) is 0 Å². The van der Waals surface area contributed by atoms with E-state index in [1.807, 2.05) is 18.5 Å². The summed E-state index contributed by atoms with van der Waals surface area (Å²) in [6.07, 6.45) is 3.27. The number of hydrogen-bond donors (Lipinski definition) is 2. The van der Waals surface area contributed by atoms with E-state index < -0.39 is 0 Å². The van der Waals surface area contributed by atoms with E-state index in [4.69, 9.17) is 4.74 Å². The molecule has 1 unspecified atom stereocenters. The maximum absolute atomic E-state index is 5.10. The summed E-state index contributed by atoms with van der Waals surface area (Å²) in [5.41, 5.74) is 0. The summed E-state index contributed by atoms with van der Waals surface area (Å²) in [7, 11) is 3.68. The molecule has 1 aromatic rings. The van der Waals surface area contributed by atoms with Crippen LogP contribution < -0.4 is 10.6 Å². The standard InChI is InChI=1S/C17H34N6O/c1-13(2)8-9-14(3)20-17(18-10-7-11-24-6)19-12-16-22-21-15(4)23(16)5/h13-14H,7-12H2,1-6H3,(H2,18,19,20). The van der Waals surface area contributed by atoms with Crippen LogP contribution in [0.3, 0.4) is 0 Å². The second-order valence-electron chi connectivity index (χ2n) is 6.68. The molecule has 1 aromatic heterocycles. The molecular weight excluding hydrogens is 304 g/mol. The molecule has 0 amide bonds. The highest BCUT2D eigenvalue weighted by molar-refractivity contribution is 5.80. The number of nitrogens with zero attached hydrogens (tertiary/aromatic N) is 4. The van der Waals surface area contributed by atoms with Gasteiger partial charge in [-0.15, -0.1) is 10.2 Å². The van der Waals surface area contributed by atoms with Crippen LogP contribution in [0.4, 0.5) is 0 Å². The van der Waals surface area contributed by atoms with Crippen molar-refractivity contribution in [1.29, 1.82) is 0 Å². The number of methoxy groups -OCH3 is 1. The van der Waals surface area contributed by atoms with E-state index in [9.17, 15) is 0 Å². The van der Waals surface area contributed by atoms with Crippen molar-refractivity contribution in [3.63, 3.8) is 0 Å². The van der Waals surface area contributed by atoms with Crippen LogP contribution in [0.25, 0.3) is 0 Å². The molecule has 0 aliphatic carbocycles. The van der Waals surface area contributed by atoms with Crippen LogP contribution in [0.5, 0.6) is 0 Å². The van der Waals surface area contributed by atoms with Gasteiger partial charge in [-0.2, -0.15) is 0 Å². The lowest BCUT2D eigenvalue weighted by Crippen LogP contribution is -2.43. The minimum Gasteiger partial charge on any atom is -0.385 e. The van der Waals surface area contributed by atoms with Crippen LogP contribution in [0.15, 0.2) is 4.99 Å². The van der Waals surface area contributed by atoms with Gasteiger partial charge in [0, 0.05) is 33.4 Å². The zero-order chi connectivity index (χ0) is 17.9. The minimum absolute atomic E-state index is 0.377. The molecule has 0 fully saturated rings. The Morgan fingerprint density at radius 1 is 1.25 bits per heavy atom. The Morgan fingerprint density at radius 3 is 2.58 bits per heavy atom. The second-order valence-corrected chi connectivity index (χ2v) is 6.68. The first-order valence-corrected chi connectivity index (χ1v) is 8.82. The van der Waals surface area contributed by atoms with Crippen LogP contribution in [-0.2, 0) is 18.3 Å². The van der Waals surface area contributed by atoms with Crippen molar-refractivity contribution < 1.29 is 4.74 Å². The Bertz CT molecular complexity index is 497. The summed E-state index contributed by atoms with van der Waals surface area (Å²) in [6, 6.07) is 0.377. The Hall–Kier alpha value is -1.63. The van der Waals surface area contributed by atoms with E-state index in [0.29, 0.717) is 18.5 Å². The summed E-state index contributed by atoms with van der Waals surface area (Å²) in [5, 5.41) is 15.1. The first-order valence-electron chi connectivity index (χ1n) is 8.82. The predicted molar refractivity (Wildman–Crippen MR) is 98.0 cm³/mol. The first kappa shape index (κ1) is 20.4. The highest BCUT2D eigenvalue weighted by Gasteiger charge is 2.08. The maximum atomic E-state index is 5.10. The molecule has 0 saturated carbocycles. The summed E-state index contributed by atoms with van der Waals surface area (Å²) in [5.74, 6) is 3.29. The van der Waals surface area contributed by atoms with Crippen LogP contribution in [0, 0.1) is 12.8 Å². The SMILES string of the molecule is COCCCNC(=NCc1nnc(C)n1C)NC(C)CCC(C)C. The molecule has 0 saturated heterocycles. The van der Waals surface area contributed by atoms with Gasteiger partial charge in [0.25, 0.3) is 0 Å². The average Bonchev–Trinajstić information content (AvgIpc) is 2.86. The van der Waals surface area contributed by atoms with Crippen molar-refractivity contribution in [2.45, 2.75) is 59.5 Å². The summed E-state index contributed by atoms with van der Waals surface area (Å²) >= 11 is 0. The molecule has 1 heterocycles. The molecule has 2 N–H and O–H groups in total. The quantitative estimate of drug-likeness (QED) is 0.388. The number of guanidine groups is 1. The fraction of sp³-hybridized carbons (Fsp3) is 0.824. The molecule has 1 rings (SSSR count). The van der Waals surface area contributed by atoms with Crippen LogP contribution >= 0.6 is 0 Å². The van der Waals surface area contributed by atoms with E-state index in [-0.39, 0.29) is 0 Å². The largest absolute Gasteiger partial charge is 0.385 e. The third-order valence-corrected chi connectivity index (χ3v) is 3.94. The number of ether oxygens (including phenoxy) is 1. The van der Waals surface area contributed by atoms with Crippen molar-refractivity contribution in [3.8, 4) is 0 Å². The van der Waals surface area contributed by atoms with Crippen molar-refractivity contribution in [2.24, 2.45) is 18.0 Å². The molecule has 0 radical (unpaired) electrons. The number of aryl methyl sites for hydroxylation is 1. The monoisotopic (exact) mass is 338 g/mol. The summed E-state index contributed by atoms with van der Waals surface area (Å²) in [6.45, 7) is 10.7. The molecule has 138 valence electrons. The molecule has 0 bridgehead atoms. The molecule has 24 heavy (non-hydrogen) atoms. The molecule has 7 heteroatoms. The summed E-state index contributed by atoms with van der Waals surface area (Å²) < 4.78 is 7.06. The third kappa shape index (κ3) is 7.77. The van der Waals surface area contributed by atoms with E-state index in [0.717, 1.165) is 43.6 Å². The highest BCUT2D eigenvalue weighted by atomic mass is 16.5. The third-order valence-electron chi connectivity index (χ3n) is 3.94. The lowest BCUT2D eigenvalue weighted by Gasteiger charge is -2.19. The molecule has 0 aliphatic rings. The fourth-order valence-electron chi connectivity index (χ4n) is 2.20. The van der Waals surface area contributed by atoms with E-state index >= 15 is 0 Å². The van der Waals surface area contributed by atoms with Gasteiger partial charge in [0.1, 0.15) is 12.4 Å². The van der Waals surface area contributed by atoms with Crippen LogP contribution in [0.2, 0.25) is 0 Å². The average molecular weight is 339 g/mol. The number of nitrogens with one attached hydrogen (secondary N) is 2. The highest BCUT2D eigenvalue weighted by Crippen LogP contribution is 2.06. The first-order chi connectivity index (χ1) is 11.4. The molecule has 0 spiro atoms. The van der Waals surface area contributed by atoms with Crippen molar-refractivity contribution in [3.05, 3.63) is 11.6 Å². The Kier molecular flexibility index (Phi) is 9.37. The molecule has 0 aliphatic heterocycles. The van der Waals surface area contributed by atoms with E-state index in [1.54, 1.807) is 7.11 Å². The smallest absolute Gasteiger partial charge is 0.191 e. The van der Waals surface area contributed by atoms with Crippen molar-refractivity contribution >= 4 is 5.96 Å². The van der Waals surface area contributed by atoms with Crippen molar-refractivity contribution in [1.82, 2.24) is 25.4 Å². The number of rotatable bonds is 10. The number of hydrogen-bond acceptors (Lipinski definition) is 4. The Balaban J connectivity index is 2.61. The van der Waals surface area contributed by atoms with Gasteiger partial charge >= 0.3 is 0 Å². The van der Waals surface area contributed by atoms with Gasteiger partial charge in [-0.1, -0.05) is 13.8 Å². The van der Waals surface area contributed by atoms with E-state index in [2.05, 4.69) is 46.6 Å². The number of aliphatic imine (C=N–C) groups is 1. The van der Waals surface area contributed by atoms with Crippen LogP contribution in [-0.4, -0.2) is 47.0 Å². The Morgan fingerprint density at radius 2 is 2.00 bits per heavy atom. The summed E-state index contributed by atoms with van der Waals surface area (Å²) in [4.78, 5) is 4.66. The predicted octanol–water partition coefficient (Wildman–Crippen LogP) is 2.02. The maximum Gasteiger partial charge on any atom is 0.191 e. The molecule has 0 aromatic carbocycles. The molecule has 1 atom stereocenters. The van der Waals surface area contributed by atoms with Gasteiger partial charge in [0.15, 0.2) is 11.8 Å². The fourth-order valence-corrected chi connectivity index (χ4v) is 2.20. The van der Waals surface area contributed by atoms with Crippen molar-refractivity contribution in [2.75, 3.05) is 20.3 Å². The van der Waals surface area contributed by atoms with E-state index in [1.165, 1.54) is 6.42 Å². The lowest BCUT2D eigenvalue weighted by molar-refractivity contribution is 0.195. The lowest BCUT2D eigenvalue weighted by atomic mass is 10.0. The molecular formula is C17H34N6O. The van der Waals surface area contributed by atoms with Crippen LogP contribution in [0.1, 0.15) is 51.7 Å². The van der Waals surface area contributed by atoms with Gasteiger partial charge in [-0.3, -0.25) is 0 Å². The zero-order valence-electron chi connectivity index (χ0n) is 16.1. The van der Waals surface area contributed by atoms with Gasteiger partial charge in [-0.25, -0.2) is 4.99 Å². The minimum atomic E-state index is 0.377. The van der Waals surface area contributed by atoms with Gasteiger partial charge in [0.2, 0.25) is 0 Å². The van der Waals surface area contributed by atoms with Gasteiger partial charge in [-0.05, 0) is 39.0 Å².